The van der Waals surface area contributed by atoms with Gasteiger partial charge in [0.2, 0.25) is 5.95 Å². The van der Waals surface area contributed by atoms with Gasteiger partial charge in [-0.05, 0) is 55.0 Å². The van der Waals surface area contributed by atoms with Crippen LogP contribution in [0.1, 0.15) is 5.56 Å². The predicted octanol–water partition coefficient (Wildman–Crippen LogP) is 3.64. The fourth-order valence-electron chi connectivity index (χ4n) is 2.56. The van der Waals surface area contributed by atoms with Crippen molar-refractivity contribution >= 4 is 45.0 Å². The van der Waals surface area contributed by atoms with E-state index in [-0.39, 0.29) is 5.95 Å². The Hall–Kier alpha value is -3.65. The molecule has 4 aromatic rings. The van der Waals surface area contributed by atoms with Gasteiger partial charge in [-0.25, -0.2) is 15.0 Å². The first-order chi connectivity index (χ1) is 13.6. The van der Waals surface area contributed by atoms with E-state index in [2.05, 4.69) is 38.6 Å². The zero-order chi connectivity index (χ0) is 19.5. The molecule has 0 unspecified atom stereocenters. The highest BCUT2D eigenvalue weighted by Gasteiger charge is 2.15. The summed E-state index contributed by atoms with van der Waals surface area (Å²) in [5.74, 6) is -1.56. The van der Waals surface area contributed by atoms with Gasteiger partial charge in [-0.15, -0.1) is 11.3 Å². The van der Waals surface area contributed by atoms with Crippen LogP contribution < -0.4 is 10.6 Å². The van der Waals surface area contributed by atoms with Crippen molar-refractivity contribution in [1.82, 2.24) is 15.0 Å². The van der Waals surface area contributed by atoms with Gasteiger partial charge in [-0.1, -0.05) is 6.07 Å². The molecular weight excluding hydrogens is 374 g/mol. The Morgan fingerprint density at radius 3 is 2.39 bits per heavy atom. The number of fused-ring (bicyclic) bond motifs is 1. The van der Waals surface area contributed by atoms with Gasteiger partial charge in [0.25, 0.3) is 0 Å². The molecule has 0 atom stereocenters. The number of aromatic nitrogens is 3. The minimum Gasteiger partial charge on any atom is -0.318 e. The van der Waals surface area contributed by atoms with Gasteiger partial charge in [0, 0.05) is 23.6 Å². The molecule has 2 heterocycles. The number of thiazole rings is 1. The lowest BCUT2D eigenvalue weighted by atomic mass is 10.2. The van der Waals surface area contributed by atoms with E-state index in [1.54, 1.807) is 29.5 Å². The third kappa shape index (κ3) is 3.86. The maximum Gasteiger partial charge on any atom is 0.316 e. The van der Waals surface area contributed by atoms with E-state index in [0.29, 0.717) is 5.69 Å². The Labute approximate surface area is 164 Å². The number of anilines is 2. The number of hydrogen-bond acceptors (Lipinski definition) is 6. The number of carbonyl (C=O) groups excluding carboxylic acids is 2. The Bertz CT molecular complexity index is 1160. The molecule has 0 radical (unpaired) electrons. The van der Waals surface area contributed by atoms with Crippen molar-refractivity contribution in [2.24, 2.45) is 0 Å². The van der Waals surface area contributed by atoms with Crippen molar-refractivity contribution in [2.45, 2.75) is 6.92 Å². The number of aryl methyl sites for hydroxylation is 1. The fraction of sp³-hybridized carbons (Fsp3) is 0.0500. The number of carbonyl (C=O) groups is 2. The molecule has 28 heavy (non-hydrogen) atoms. The van der Waals surface area contributed by atoms with E-state index >= 15 is 0 Å². The van der Waals surface area contributed by atoms with Crippen LogP contribution in [0.3, 0.4) is 0 Å². The summed E-state index contributed by atoms with van der Waals surface area (Å²) in [7, 11) is 0. The first kappa shape index (κ1) is 17.7. The minimum absolute atomic E-state index is 0.0732. The SMILES string of the molecule is Cc1ccc2nc(-c3ccc(NC(=O)C(=O)Nc4ncccn4)cc3)sc2c1. The smallest absolute Gasteiger partial charge is 0.316 e. The summed E-state index contributed by atoms with van der Waals surface area (Å²) in [5, 5.41) is 5.79. The van der Waals surface area contributed by atoms with Crippen molar-refractivity contribution in [3.05, 3.63) is 66.5 Å². The summed E-state index contributed by atoms with van der Waals surface area (Å²) in [6.45, 7) is 2.05. The van der Waals surface area contributed by atoms with Crippen LogP contribution in [0.4, 0.5) is 11.6 Å². The number of benzene rings is 2. The largest absolute Gasteiger partial charge is 0.318 e. The number of nitrogens with one attached hydrogen (secondary N) is 2. The van der Waals surface area contributed by atoms with Crippen LogP contribution in [0.25, 0.3) is 20.8 Å². The molecule has 0 aliphatic rings. The number of hydrogen-bond donors (Lipinski definition) is 2. The van der Waals surface area contributed by atoms with Gasteiger partial charge in [0.1, 0.15) is 5.01 Å². The first-order valence-electron chi connectivity index (χ1n) is 8.45. The second kappa shape index (κ2) is 7.53. The Morgan fingerprint density at radius 2 is 1.64 bits per heavy atom. The van der Waals surface area contributed by atoms with Gasteiger partial charge in [-0.3, -0.25) is 14.9 Å². The van der Waals surface area contributed by atoms with Gasteiger partial charge in [-0.2, -0.15) is 0 Å². The summed E-state index contributed by atoms with van der Waals surface area (Å²) in [6.07, 6.45) is 2.95. The summed E-state index contributed by atoms with van der Waals surface area (Å²) in [6, 6.07) is 15.0. The normalized spacial score (nSPS) is 10.6. The molecule has 0 bridgehead atoms. The van der Waals surface area contributed by atoms with Crippen molar-refractivity contribution in [1.29, 1.82) is 0 Å². The van der Waals surface area contributed by atoms with E-state index in [0.717, 1.165) is 20.8 Å². The Morgan fingerprint density at radius 1 is 0.929 bits per heavy atom. The Balaban J connectivity index is 1.45. The van der Waals surface area contributed by atoms with Gasteiger partial charge in [0.15, 0.2) is 0 Å². The van der Waals surface area contributed by atoms with E-state index < -0.39 is 11.8 Å². The second-order valence-corrected chi connectivity index (χ2v) is 7.08. The molecule has 2 amide bonds. The van der Waals surface area contributed by atoms with Crippen LogP contribution >= 0.6 is 11.3 Å². The quantitative estimate of drug-likeness (QED) is 0.522. The average molecular weight is 389 g/mol. The molecule has 0 fully saturated rings. The highest BCUT2D eigenvalue weighted by Crippen LogP contribution is 2.31. The second-order valence-electron chi connectivity index (χ2n) is 6.05. The summed E-state index contributed by atoms with van der Waals surface area (Å²) in [4.78, 5) is 36.3. The molecule has 8 heteroatoms. The lowest BCUT2D eigenvalue weighted by Crippen LogP contribution is -2.29. The van der Waals surface area contributed by atoms with Crippen molar-refractivity contribution in [2.75, 3.05) is 10.6 Å². The summed E-state index contributed by atoms with van der Waals surface area (Å²) < 4.78 is 1.13. The maximum atomic E-state index is 12.0. The number of amides is 2. The standard InChI is InChI=1S/C20H15N5O2S/c1-12-3-8-15-16(11-12)28-19(24-15)13-4-6-14(7-5-13)23-17(26)18(27)25-20-21-9-2-10-22-20/h2-11H,1H3,(H,23,26)(H,21,22,25,27). The van der Waals surface area contributed by atoms with Gasteiger partial charge in [0.05, 0.1) is 10.2 Å². The molecule has 0 saturated heterocycles. The molecule has 4 rings (SSSR count). The molecule has 0 aliphatic carbocycles. The summed E-state index contributed by atoms with van der Waals surface area (Å²) in [5.41, 5.74) is 3.61. The van der Waals surface area contributed by atoms with Crippen LogP contribution in [0.2, 0.25) is 0 Å². The maximum absolute atomic E-state index is 12.0. The van der Waals surface area contributed by atoms with Crippen molar-refractivity contribution in [3.8, 4) is 10.6 Å². The molecule has 138 valence electrons. The van der Waals surface area contributed by atoms with Gasteiger partial charge >= 0.3 is 11.8 Å². The van der Waals surface area contributed by atoms with Crippen molar-refractivity contribution < 1.29 is 9.59 Å². The van der Waals surface area contributed by atoms with Gasteiger partial charge < -0.3 is 5.32 Å². The van der Waals surface area contributed by atoms with Crippen LogP contribution in [0, 0.1) is 6.92 Å². The third-order valence-electron chi connectivity index (χ3n) is 3.93. The molecule has 0 aliphatic heterocycles. The topological polar surface area (TPSA) is 96.9 Å². The number of nitrogens with zero attached hydrogens (tertiary/aromatic N) is 3. The Kier molecular flexibility index (Phi) is 4.77. The van der Waals surface area contributed by atoms with Crippen LogP contribution in [0.15, 0.2) is 60.9 Å². The molecular formula is C20H15N5O2S. The average Bonchev–Trinajstić information content (AvgIpc) is 3.12. The molecule has 7 nitrogen and oxygen atoms in total. The highest BCUT2D eigenvalue weighted by atomic mass is 32.1. The van der Waals surface area contributed by atoms with Crippen LogP contribution in [0.5, 0.6) is 0 Å². The summed E-state index contributed by atoms with van der Waals surface area (Å²) >= 11 is 1.61. The molecule has 2 aromatic carbocycles. The van der Waals surface area contributed by atoms with E-state index in [1.807, 2.05) is 24.3 Å². The molecule has 2 N–H and O–H groups in total. The van der Waals surface area contributed by atoms with Crippen LogP contribution in [-0.4, -0.2) is 26.8 Å². The van der Waals surface area contributed by atoms with Crippen LogP contribution in [-0.2, 0) is 9.59 Å². The highest BCUT2D eigenvalue weighted by molar-refractivity contribution is 7.21. The number of rotatable bonds is 3. The molecule has 2 aromatic heterocycles. The lowest BCUT2D eigenvalue weighted by molar-refractivity contribution is -0.133. The van der Waals surface area contributed by atoms with E-state index in [4.69, 9.17) is 0 Å². The van der Waals surface area contributed by atoms with E-state index in [1.165, 1.54) is 18.0 Å². The monoisotopic (exact) mass is 389 g/mol. The first-order valence-corrected chi connectivity index (χ1v) is 9.27. The molecule has 0 spiro atoms. The third-order valence-corrected chi connectivity index (χ3v) is 5.00. The van der Waals surface area contributed by atoms with E-state index in [9.17, 15) is 9.59 Å². The zero-order valence-electron chi connectivity index (χ0n) is 14.8. The zero-order valence-corrected chi connectivity index (χ0v) is 15.7. The molecule has 0 saturated carbocycles. The fourth-order valence-corrected chi connectivity index (χ4v) is 3.63. The lowest BCUT2D eigenvalue weighted by Gasteiger charge is -2.06. The minimum atomic E-state index is -0.836. The van der Waals surface area contributed by atoms with Crippen molar-refractivity contribution in [3.63, 3.8) is 0 Å². The predicted molar refractivity (Wildman–Crippen MR) is 109 cm³/mol.